The smallest absolute Gasteiger partial charge is 0.286 e. The number of benzene rings is 1. The first-order valence-electron chi connectivity index (χ1n) is 11.7. The van der Waals surface area contributed by atoms with Crippen LogP contribution >= 0.6 is 0 Å². The zero-order valence-electron chi connectivity index (χ0n) is 19.4. The molecule has 7 nitrogen and oxygen atoms in total. The Bertz CT molecular complexity index is 1340. The highest BCUT2D eigenvalue weighted by Gasteiger charge is 2.26. The Labute approximate surface area is 201 Å². The molecule has 35 heavy (non-hydrogen) atoms. The second kappa shape index (κ2) is 9.50. The number of hydrogen-bond acceptors (Lipinski definition) is 5. The number of nitrogens with zero attached hydrogens (tertiary/aromatic N) is 4. The molecule has 0 spiro atoms. The van der Waals surface area contributed by atoms with Crippen LogP contribution in [-0.2, 0) is 12.5 Å². The van der Waals surface area contributed by atoms with Gasteiger partial charge in [0.1, 0.15) is 5.69 Å². The summed E-state index contributed by atoms with van der Waals surface area (Å²) in [4.78, 5) is 23.5. The summed E-state index contributed by atoms with van der Waals surface area (Å²) in [5.74, 6) is -3.50. The number of alkyl halides is 2. The van der Waals surface area contributed by atoms with Crippen LogP contribution in [0.3, 0.4) is 0 Å². The van der Waals surface area contributed by atoms with Crippen LogP contribution in [0, 0.1) is 0 Å². The number of carbonyl (C=O) groups is 1. The van der Waals surface area contributed by atoms with Gasteiger partial charge in [-0.05, 0) is 67.4 Å². The van der Waals surface area contributed by atoms with Crippen LogP contribution in [0.2, 0.25) is 0 Å². The van der Waals surface area contributed by atoms with Crippen molar-refractivity contribution in [2.45, 2.75) is 38.7 Å². The quantitative estimate of drug-likeness (QED) is 0.391. The molecule has 0 bridgehead atoms. The molecule has 0 radical (unpaired) electrons. The maximum absolute atomic E-state index is 13.4. The summed E-state index contributed by atoms with van der Waals surface area (Å²) in [5, 5.41) is 10.4. The third kappa shape index (κ3) is 5.19. The second-order valence-corrected chi connectivity index (χ2v) is 9.03. The summed E-state index contributed by atoms with van der Waals surface area (Å²) in [6.07, 6.45) is 8.70. The van der Waals surface area contributed by atoms with Gasteiger partial charge in [-0.3, -0.25) is 24.8 Å². The van der Waals surface area contributed by atoms with E-state index in [0.29, 0.717) is 11.1 Å². The van der Waals surface area contributed by atoms with E-state index in [1.165, 1.54) is 37.6 Å². The van der Waals surface area contributed by atoms with Crippen molar-refractivity contribution in [3.05, 3.63) is 71.9 Å². The maximum atomic E-state index is 13.4. The van der Waals surface area contributed by atoms with E-state index in [-0.39, 0.29) is 11.4 Å². The molecular formula is C26H26F2N6O. The molecule has 1 saturated heterocycles. The fraction of sp³-hybridized carbons (Fsp3) is 0.308. The fourth-order valence-electron chi connectivity index (χ4n) is 4.39. The van der Waals surface area contributed by atoms with Gasteiger partial charge in [-0.25, -0.2) is 0 Å². The van der Waals surface area contributed by atoms with Gasteiger partial charge in [-0.15, -0.1) is 0 Å². The number of H-pyrrole nitrogens is 1. The van der Waals surface area contributed by atoms with Crippen LogP contribution in [0.1, 0.15) is 47.9 Å². The average molecular weight is 477 g/mol. The molecule has 2 N–H and O–H groups in total. The summed E-state index contributed by atoms with van der Waals surface area (Å²) < 4.78 is 26.8. The normalized spacial score (nSPS) is 14.8. The van der Waals surface area contributed by atoms with Gasteiger partial charge in [0.2, 0.25) is 0 Å². The lowest BCUT2D eigenvalue weighted by atomic mass is 10.0. The maximum Gasteiger partial charge on any atom is 0.286 e. The number of carbonyl (C=O) groups excluding carboxylic acids is 1. The topological polar surface area (TPSA) is 86.8 Å². The fourth-order valence-corrected chi connectivity index (χ4v) is 4.39. The zero-order chi connectivity index (χ0) is 24.4. The van der Waals surface area contributed by atoms with Gasteiger partial charge < -0.3 is 5.32 Å². The number of pyridine rings is 2. The molecular weight excluding hydrogens is 450 g/mol. The SMILES string of the molecule is CC(F)(F)c1ccc(NC(=O)c2n[nH]c3ccc(-c4cncc(CN5CCCCC5)c4)cc23)cn1. The van der Waals surface area contributed by atoms with Crippen molar-refractivity contribution >= 4 is 22.5 Å². The molecule has 180 valence electrons. The lowest BCUT2D eigenvalue weighted by molar-refractivity contribution is 0.0128. The molecule has 9 heteroatoms. The summed E-state index contributed by atoms with van der Waals surface area (Å²) in [6, 6.07) is 10.5. The number of amides is 1. The molecule has 3 aromatic heterocycles. The van der Waals surface area contributed by atoms with Crippen molar-refractivity contribution < 1.29 is 13.6 Å². The van der Waals surface area contributed by atoms with Crippen molar-refractivity contribution in [3.63, 3.8) is 0 Å². The van der Waals surface area contributed by atoms with Gasteiger partial charge in [-0.2, -0.15) is 13.9 Å². The predicted octanol–water partition coefficient (Wildman–Crippen LogP) is 5.37. The van der Waals surface area contributed by atoms with Crippen LogP contribution in [0.15, 0.2) is 55.0 Å². The molecule has 0 saturated carbocycles. The minimum Gasteiger partial charge on any atom is -0.319 e. The molecule has 1 aliphatic rings. The minimum absolute atomic E-state index is 0.212. The zero-order valence-corrected chi connectivity index (χ0v) is 19.4. The minimum atomic E-state index is -3.04. The molecule has 4 heterocycles. The Hall–Kier alpha value is -3.72. The lowest BCUT2D eigenvalue weighted by Crippen LogP contribution is -2.29. The third-order valence-electron chi connectivity index (χ3n) is 6.23. The predicted molar refractivity (Wildman–Crippen MR) is 130 cm³/mol. The van der Waals surface area contributed by atoms with Crippen LogP contribution in [0.25, 0.3) is 22.0 Å². The number of likely N-dealkylation sites (tertiary alicyclic amines) is 1. The summed E-state index contributed by atoms with van der Waals surface area (Å²) in [7, 11) is 0. The Morgan fingerprint density at radius 1 is 1.06 bits per heavy atom. The molecule has 1 fully saturated rings. The van der Waals surface area contributed by atoms with Crippen molar-refractivity contribution in [3.8, 4) is 11.1 Å². The van der Waals surface area contributed by atoms with Gasteiger partial charge in [0.15, 0.2) is 5.69 Å². The highest BCUT2D eigenvalue weighted by molar-refractivity contribution is 6.11. The monoisotopic (exact) mass is 476 g/mol. The van der Waals surface area contributed by atoms with Crippen molar-refractivity contribution in [1.82, 2.24) is 25.1 Å². The molecule has 4 aromatic rings. The van der Waals surface area contributed by atoms with Crippen molar-refractivity contribution in [1.29, 1.82) is 0 Å². The lowest BCUT2D eigenvalue weighted by Gasteiger charge is -2.26. The summed E-state index contributed by atoms with van der Waals surface area (Å²) >= 11 is 0. The third-order valence-corrected chi connectivity index (χ3v) is 6.23. The van der Waals surface area contributed by atoms with E-state index >= 15 is 0 Å². The van der Waals surface area contributed by atoms with Gasteiger partial charge in [0, 0.05) is 36.8 Å². The van der Waals surface area contributed by atoms with Crippen LogP contribution < -0.4 is 5.32 Å². The molecule has 5 rings (SSSR count). The highest BCUT2D eigenvalue weighted by Crippen LogP contribution is 2.28. The van der Waals surface area contributed by atoms with E-state index in [0.717, 1.165) is 48.8 Å². The Morgan fingerprint density at radius 3 is 2.63 bits per heavy atom. The molecule has 0 unspecified atom stereocenters. The van der Waals surface area contributed by atoms with Crippen LogP contribution in [-0.4, -0.2) is 44.1 Å². The number of rotatable bonds is 6. The van der Waals surface area contributed by atoms with E-state index in [1.807, 2.05) is 30.6 Å². The summed E-state index contributed by atoms with van der Waals surface area (Å²) in [6.45, 7) is 3.88. The summed E-state index contributed by atoms with van der Waals surface area (Å²) in [5.41, 5.74) is 3.93. The first-order chi connectivity index (χ1) is 16.9. The molecule has 1 aromatic carbocycles. The van der Waals surface area contributed by atoms with Crippen molar-refractivity contribution in [2.75, 3.05) is 18.4 Å². The number of hydrogen-bond donors (Lipinski definition) is 2. The highest BCUT2D eigenvalue weighted by atomic mass is 19.3. The Balaban J connectivity index is 1.37. The van der Waals surface area contributed by atoms with Gasteiger partial charge in [0.05, 0.1) is 17.4 Å². The number of anilines is 1. The van der Waals surface area contributed by atoms with E-state index in [4.69, 9.17) is 0 Å². The molecule has 1 aliphatic heterocycles. The number of nitrogens with one attached hydrogen (secondary N) is 2. The number of aromatic amines is 1. The molecule has 0 aliphatic carbocycles. The van der Waals surface area contributed by atoms with E-state index in [1.54, 1.807) is 0 Å². The van der Waals surface area contributed by atoms with Gasteiger partial charge in [-0.1, -0.05) is 12.5 Å². The second-order valence-electron chi connectivity index (χ2n) is 9.03. The number of fused-ring (bicyclic) bond motifs is 1. The largest absolute Gasteiger partial charge is 0.319 e. The van der Waals surface area contributed by atoms with E-state index in [9.17, 15) is 13.6 Å². The molecule has 0 atom stereocenters. The number of piperidine rings is 1. The number of halogens is 2. The Morgan fingerprint density at radius 2 is 1.89 bits per heavy atom. The first kappa shape index (κ1) is 23.0. The standard InChI is InChI=1S/C26H26F2N6O/c1-26(27,28)23-8-6-20(15-30-23)31-25(35)24-21-12-18(5-7-22(21)32-33-24)19-11-17(13-29-14-19)16-34-9-3-2-4-10-34/h5-8,11-15H,2-4,9-10,16H2,1H3,(H,31,35)(H,32,33). The van der Waals surface area contributed by atoms with E-state index < -0.39 is 11.8 Å². The molecule has 1 amide bonds. The van der Waals surface area contributed by atoms with Gasteiger partial charge >= 0.3 is 0 Å². The number of aromatic nitrogens is 4. The van der Waals surface area contributed by atoms with Crippen LogP contribution in [0.4, 0.5) is 14.5 Å². The first-order valence-corrected chi connectivity index (χ1v) is 11.7. The Kier molecular flexibility index (Phi) is 6.25. The van der Waals surface area contributed by atoms with Crippen molar-refractivity contribution in [2.24, 2.45) is 0 Å². The van der Waals surface area contributed by atoms with Crippen LogP contribution in [0.5, 0.6) is 0 Å². The average Bonchev–Trinajstić information content (AvgIpc) is 3.28. The van der Waals surface area contributed by atoms with E-state index in [2.05, 4.69) is 36.4 Å². The van der Waals surface area contributed by atoms with Gasteiger partial charge in [0.25, 0.3) is 11.8 Å².